The molecule has 4 aromatic rings. The van der Waals surface area contributed by atoms with E-state index in [9.17, 15) is 17.6 Å². The molecule has 25 heavy (non-hydrogen) atoms. The second-order valence-electron chi connectivity index (χ2n) is 4.79. The van der Waals surface area contributed by atoms with Crippen molar-refractivity contribution in [2.75, 3.05) is 0 Å². The third kappa shape index (κ3) is 2.67. The third-order valence-corrected chi connectivity index (χ3v) is 7.54. The van der Waals surface area contributed by atoms with E-state index in [1.54, 1.807) is 0 Å². The van der Waals surface area contributed by atoms with Gasteiger partial charge in [0.25, 0.3) is 0 Å². The number of rotatable bonds is 2. The molecule has 1 aromatic carbocycles. The second-order valence-corrected chi connectivity index (χ2v) is 9.99. The Hall–Kier alpha value is -0.880. The molecule has 3 heterocycles. The number of fused-ring (bicyclic) bond motifs is 1. The first-order valence-electron chi connectivity index (χ1n) is 6.42. The molecular weight excluding hydrogens is 528 g/mol. The first kappa shape index (κ1) is 17.5. The van der Waals surface area contributed by atoms with Crippen LogP contribution in [0.1, 0.15) is 0 Å². The first-order valence-corrected chi connectivity index (χ1v) is 10.4. The second kappa shape index (κ2) is 6.38. The molecule has 0 unspecified atom stereocenters. The smallest absolute Gasteiger partial charge is 0.184 e. The Morgan fingerprint density at radius 3 is 1.40 bits per heavy atom. The van der Waals surface area contributed by atoms with Crippen molar-refractivity contribution < 1.29 is 17.6 Å². The molecule has 0 N–H and O–H groups in total. The molecule has 0 aliphatic carbocycles. The zero-order valence-corrected chi connectivity index (χ0v) is 17.2. The third-order valence-electron chi connectivity index (χ3n) is 3.42. The van der Waals surface area contributed by atoms with Crippen molar-refractivity contribution in [2.24, 2.45) is 0 Å². The summed E-state index contributed by atoms with van der Waals surface area (Å²) >= 11 is 8.57. The van der Waals surface area contributed by atoms with Crippen LogP contribution in [0.3, 0.4) is 0 Å². The predicted molar refractivity (Wildman–Crippen MR) is 99.3 cm³/mol. The van der Waals surface area contributed by atoms with Gasteiger partial charge < -0.3 is 0 Å². The Morgan fingerprint density at radius 2 is 1.08 bits per heavy atom. The molecule has 0 aliphatic heterocycles. The molecular formula is C14H2Br2F4N2S3. The normalized spacial score (nSPS) is 11.6. The van der Waals surface area contributed by atoms with Gasteiger partial charge in [-0.2, -0.15) is 8.75 Å². The number of halogens is 6. The maximum atomic E-state index is 14.1. The molecule has 2 nitrogen and oxygen atoms in total. The fourth-order valence-corrected chi connectivity index (χ4v) is 5.83. The van der Waals surface area contributed by atoms with Gasteiger partial charge in [-0.05, 0) is 31.9 Å². The van der Waals surface area contributed by atoms with Crippen molar-refractivity contribution in [3.05, 3.63) is 43.0 Å². The van der Waals surface area contributed by atoms with E-state index in [4.69, 9.17) is 0 Å². The van der Waals surface area contributed by atoms with Crippen molar-refractivity contribution in [1.82, 2.24) is 8.75 Å². The monoisotopic (exact) mass is 528 g/mol. The van der Waals surface area contributed by atoms with Gasteiger partial charge in [-0.1, -0.05) is 12.1 Å². The number of aromatic nitrogens is 2. The number of nitrogens with zero attached hydrogens (tertiary/aromatic N) is 2. The SMILES string of the molecule is Fc1c(Br)sc(-c2ccc(-c3sc(Br)c(F)c3F)c3nsnc23)c1F. The van der Waals surface area contributed by atoms with E-state index in [-0.39, 0.29) is 17.3 Å². The van der Waals surface area contributed by atoms with Crippen molar-refractivity contribution in [1.29, 1.82) is 0 Å². The lowest BCUT2D eigenvalue weighted by Gasteiger charge is -2.04. The Bertz CT molecular complexity index is 1050. The molecule has 0 radical (unpaired) electrons. The van der Waals surface area contributed by atoms with E-state index in [0.717, 1.165) is 34.4 Å². The Labute approximate surface area is 166 Å². The van der Waals surface area contributed by atoms with Gasteiger partial charge in [0.1, 0.15) is 18.6 Å². The highest BCUT2D eigenvalue weighted by Gasteiger charge is 2.25. The highest BCUT2D eigenvalue weighted by atomic mass is 79.9. The van der Waals surface area contributed by atoms with Gasteiger partial charge in [0.15, 0.2) is 23.3 Å². The summed E-state index contributed by atoms with van der Waals surface area (Å²) < 4.78 is 63.9. The topological polar surface area (TPSA) is 25.8 Å². The number of hydrogen-bond acceptors (Lipinski definition) is 5. The molecule has 0 spiro atoms. The zero-order chi connectivity index (χ0) is 17.9. The lowest BCUT2D eigenvalue weighted by molar-refractivity contribution is 0.515. The summed E-state index contributed by atoms with van der Waals surface area (Å²) in [7, 11) is 0. The van der Waals surface area contributed by atoms with Gasteiger partial charge in [-0.3, -0.25) is 0 Å². The molecule has 0 fully saturated rings. The lowest BCUT2D eigenvalue weighted by atomic mass is 10.1. The minimum Gasteiger partial charge on any atom is -0.202 e. The summed E-state index contributed by atoms with van der Waals surface area (Å²) in [6.45, 7) is 0. The van der Waals surface area contributed by atoms with Crippen LogP contribution < -0.4 is 0 Å². The average Bonchev–Trinajstić information content (AvgIpc) is 3.25. The van der Waals surface area contributed by atoms with E-state index in [1.165, 1.54) is 12.1 Å². The van der Waals surface area contributed by atoms with E-state index in [1.807, 2.05) is 0 Å². The molecule has 4 rings (SSSR count). The molecule has 0 saturated heterocycles. The van der Waals surface area contributed by atoms with Crippen LogP contribution in [0, 0.1) is 23.3 Å². The van der Waals surface area contributed by atoms with E-state index in [0.29, 0.717) is 22.2 Å². The summed E-state index contributed by atoms with van der Waals surface area (Å²) in [5.74, 6) is -3.93. The van der Waals surface area contributed by atoms with E-state index in [2.05, 4.69) is 40.6 Å². The molecule has 0 amide bonds. The van der Waals surface area contributed by atoms with Gasteiger partial charge in [-0.25, -0.2) is 17.6 Å². The van der Waals surface area contributed by atoms with Crippen LogP contribution in [0.4, 0.5) is 17.6 Å². The fraction of sp³-hybridized carbons (Fsp3) is 0. The average molecular weight is 530 g/mol. The van der Waals surface area contributed by atoms with Crippen LogP contribution in [0.5, 0.6) is 0 Å². The van der Waals surface area contributed by atoms with Gasteiger partial charge in [0, 0.05) is 11.1 Å². The summed E-state index contributed by atoms with van der Waals surface area (Å²) in [5, 5.41) is 0. The Morgan fingerprint density at radius 1 is 0.680 bits per heavy atom. The Kier molecular flexibility index (Phi) is 4.47. The van der Waals surface area contributed by atoms with Gasteiger partial charge in [-0.15, -0.1) is 22.7 Å². The molecule has 0 atom stereocenters. The maximum Gasteiger partial charge on any atom is 0.184 e. The van der Waals surface area contributed by atoms with E-state index < -0.39 is 23.3 Å². The van der Waals surface area contributed by atoms with Crippen LogP contribution in [-0.4, -0.2) is 8.75 Å². The molecule has 0 aliphatic rings. The van der Waals surface area contributed by atoms with Crippen molar-refractivity contribution >= 4 is 77.3 Å². The van der Waals surface area contributed by atoms with Crippen LogP contribution in [0.15, 0.2) is 19.7 Å². The first-order chi connectivity index (χ1) is 11.9. The lowest BCUT2D eigenvalue weighted by Crippen LogP contribution is -1.87. The van der Waals surface area contributed by atoms with Crippen LogP contribution in [-0.2, 0) is 0 Å². The minimum absolute atomic E-state index is 0.0377. The van der Waals surface area contributed by atoms with Gasteiger partial charge in [0.2, 0.25) is 0 Å². The fourth-order valence-electron chi connectivity index (χ4n) is 2.31. The van der Waals surface area contributed by atoms with Gasteiger partial charge >= 0.3 is 0 Å². The van der Waals surface area contributed by atoms with Crippen LogP contribution >= 0.6 is 66.3 Å². The largest absolute Gasteiger partial charge is 0.202 e. The number of benzene rings is 1. The molecule has 128 valence electrons. The van der Waals surface area contributed by atoms with Crippen LogP contribution in [0.25, 0.3) is 31.9 Å². The Balaban J connectivity index is 1.99. The van der Waals surface area contributed by atoms with Crippen molar-refractivity contribution in [2.45, 2.75) is 0 Å². The highest BCUT2D eigenvalue weighted by Crippen LogP contribution is 2.44. The molecule has 0 saturated carbocycles. The quantitative estimate of drug-likeness (QED) is 0.256. The van der Waals surface area contributed by atoms with Crippen LogP contribution in [0.2, 0.25) is 0 Å². The van der Waals surface area contributed by atoms with Crippen molar-refractivity contribution in [3.63, 3.8) is 0 Å². The predicted octanol–water partition coefficient (Wildman–Crippen LogP) is 7.23. The summed E-state index contributed by atoms with van der Waals surface area (Å²) in [6, 6.07) is 3.01. The zero-order valence-electron chi connectivity index (χ0n) is 11.5. The van der Waals surface area contributed by atoms with Crippen molar-refractivity contribution in [3.8, 4) is 20.9 Å². The highest BCUT2D eigenvalue weighted by molar-refractivity contribution is 9.11. The standard InChI is InChI=1S/C14H2Br2F4N2S3/c15-13-7(19)5(17)11(23-13)3-1-2-4(10-9(3)21-25-22-10)12-6(18)8(20)14(16)24-12/h1-2H. The molecule has 0 bridgehead atoms. The van der Waals surface area contributed by atoms with Gasteiger partial charge in [0.05, 0.1) is 21.5 Å². The summed E-state index contributed by atoms with van der Waals surface area (Å²) in [4.78, 5) is 0.125. The summed E-state index contributed by atoms with van der Waals surface area (Å²) in [5.41, 5.74) is 1.30. The molecule has 3 aromatic heterocycles. The van der Waals surface area contributed by atoms with E-state index >= 15 is 0 Å². The number of hydrogen-bond donors (Lipinski definition) is 0. The number of thiophene rings is 2. The summed E-state index contributed by atoms with van der Waals surface area (Å²) in [6.07, 6.45) is 0. The maximum absolute atomic E-state index is 14.1. The minimum atomic E-state index is -0.991. The molecule has 11 heteroatoms.